The van der Waals surface area contributed by atoms with Crippen molar-refractivity contribution in [3.05, 3.63) is 47.2 Å². The summed E-state index contributed by atoms with van der Waals surface area (Å²) in [7, 11) is 3.14. The zero-order valence-corrected chi connectivity index (χ0v) is 14.7. The summed E-state index contributed by atoms with van der Waals surface area (Å²) in [5.74, 6) is 1.79. The summed E-state index contributed by atoms with van der Waals surface area (Å²) in [5, 5.41) is 0. The first-order valence-corrected chi connectivity index (χ1v) is 8.28. The van der Waals surface area contributed by atoms with Gasteiger partial charge in [-0.05, 0) is 24.6 Å². The number of carbonyl (C=O) groups is 1. The van der Waals surface area contributed by atoms with Crippen LogP contribution in [0.1, 0.15) is 28.5 Å². The molecule has 2 heterocycles. The number of hydrogen-bond donors (Lipinski definition) is 0. The first-order valence-electron chi connectivity index (χ1n) is 8.28. The van der Waals surface area contributed by atoms with E-state index in [1.807, 2.05) is 24.0 Å². The predicted octanol–water partition coefficient (Wildman–Crippen LogP) is 2.70. The third-order valence-electron chi connectivity index (χ3n) is 4.20. The number of aromatic nitrogens is 1. The molecular formula is C19H22N2O4. The number of amides is 1. The summed E-state index contributed by atoms with van der Waals surface area (Å²) in [6.07, 6.45) is 0.711. The van der Waals surface area contributed by atoms with Crippen LogP contribution >= 0.6 is 0 Å². The van der Waals surface area contributed by atoms with Crippen LogP contribution in [0.25, 0.3) is 0 Å². The van der Waals surface area contributed by atoms with E-state index in [2.05, 4.69) is 4.98 Å². The number of fused-ring (bicyclic) bond motifs is 1. The molecule has 0 fully saturated rings. The van der Waals surface area contributed by atoms with Gasteiger partial charge < -0.3 is 19.1 Å². The summed E-state index contributed by atoms with van der Waals surface area (Å²) in [6, 6.07) is 9.05. The Bertz CT molecular complexity index is 754. The highest BCUT2D eigenvalue weighted by molar-refractivity contribution is 5.95. The van der Waals surface area contributed by atoms with Crippen LogP contribution in [0.2, 0.25) is 0 Å². The maximum absolute atomic E-state index is 12.9. The number of ether oxygens (including phenoxy) is 3. The highest BCUT2D eigenvalue weighted by atomic mass is 16.5. The van der Waals surface area contributed by atoms with Crippen LogP contribution in [0, 0.1) is 0 Å². The number of nitrogens with zero attached hydrogens (tertiary/aromatic N) is 2. The number of carbonyl (C=O) groups excluding carboxylic acids is 1. The van der Waals surface area contributed by atoms with Gasteiger partial charge in [0.05, 0.1) is 26.5 Å². The largest absolute Gasteiger partial charge is 0.497 e. The molecule has 25 heavy (non-hydrogen) atoms. The average molecular weight is 342 g/mol. The van der Waals surface area contributed by atoms with Gasteiger partial charge in [0.1, 0.15) is 11.5 Å². The summed E-state index contributed by atoms with van der Waals surface area (Å²) < 4.78 is 16.0. The smallest absolute Gasteiger partial charge is 0.254 e. The van der Waals surface area contributed by atoms with Crippen LogP contribution in [0.15, 0.2) is 30.3 Å². The van der Waals surface area contributed by atoms with E-state index in [1.54, 1.807) is 32.4 Å². The molecule has 3 rings (SSSR count). The van der Waals surface area contributed by atoms with Crippen molar-refractivity contribution in [1.82, 2.24) is 9.88 Å². The molecule has 6 nitrogen and oxygen atoms in total. The molecule has 1 aromatic carbocycles. The standard InChI is InChI=1S/C19H22N2O4/c1-4-25-18-6-5-13-12-21(8-7-17(13)20-18)19(22)14-9-15(23-2)11-16(10-14)24-3/h5-6,9-11H,4,7-8,12H2,1-3H3. The number of pyridine rings is 1. The van der Waals surface area contributed by atoms with Gasteiger partial charge in [-0.2, -0.15) is 0 Å². The highest BCUT2D eigenvalue weighted by Gasteiger charge is 2.24. The van der Waals surface area contributed by atoms with Crippen LogP contribution < -0.4 is 14.2 Å². The van der Waals surface area contributed by atoms with Crippen molar-refractivity contribution in [1.29, 1.82) is 0 Å². The molecule has 1 aliphatic rings. The molecule has 0 saturated carbocycles. The van der Waals surface area contributed by atoms with Gasteiger partial charge in [0.25, 0.3) is 5.91 Å². The third kappa shape index (κ3) is 3.68. The van der Waals surface area contributed by atoms with Gasteiger partial charge in [-0.15, -0.1) is 0 Å². The minimum atomic E-state index is -0.0447. The Kier molecular flexibility index (Phi) is 5.07. The van der Waals surface area contributed by atoms with Crippen LogP contribution in [0.4, 0.5) is 0 Å². The van der Waals surface area contributed by atoms with E-state index in [0.717, 1.165) is 11.3 Å². The Hall–Kier alpha value is -2.76. The lowest BCUT2D eigenvalue weighted by Gasteiger charge is -2.28. The third-order valence-corrected chi connectivity index (χ3v) is 4.20. The Morgan fingerprint density at radius 2 is 1.88 bits per heavy atom. The minimum absolute atomic E-state index is 0.0447. The summed E-state index contributed by atoms with van der Waals surface area (Å²) in [6.45, 7) is 3.68. The number of benzene rings is 1. The molecule has 0 saturated heterocycles. The van der Waals surface area contributed by atoms with Gasteiger partial charge in [-0.1, -0.05) is 6.07 Å². The lowest BCUT2D eigenvalue weighted by molar-refractivity contribution is 0.0732. The van der Waals surface area contributed by atoms with Crippen molar-refractivity contribution in [2.45, 2.75) is 19.9 Å². The molecule has 0 N–H and O–H groups in total. The Morgan fingerprint density at radius 1 is 1.16 bits per heavy atom. The summed E-state index contributed by atoms with van der Waals surface area (Å²) in [4.78, 5) is 19.2. The van der Waals surface area contributed by atoms with E-state index < -0.39 is 0 Å². The second-order valence-electron chi connectivity index (χ2n) is 5.77. The normalized spacial score (nSPS) is 13.2. The fraction of sp³-hybridized carbons (Fsp3) is 0.368. The molecule has 0 unspecified atom stereocenters. The Labute approximate surface area is 147 Å². The highest BCUT2D eigenvalue weighted by Crippen LogP contribution is 2.26. The molecule has 0 spiro atoms. The molecule has 1 aromatic heterocycles. The van der Waals surface area contributed by atoms with Gasteiger partial charge in [-0.3, -0.25) is 4.79 Å². The van der Waals surface area contributed by atoms with E-state index in [4.69, 9.17) is 14.2 Å². The molecule has 2 aromatic rings. The molecule has 0 radical (unpaired) electrons. The fourth-order valence-corrected chi connectivity index (χ4v) is 2.91. The lowest BCUT2D eigenvalue weighted by Crippen LogP contribution is -2.36. The molecule has 0 bridgehead atoms. The van der Waals surface area contributed by atoms with Crippen molar-refractivity contribution in [3.63, 3.8) is 0 Å². The number of rotatable bonds is 5. The van der Waals surface area contributed by atoms with Crippen molar-refractivity contribution in [2.24, 2.45) is 0 Å². The summed E-state index contributed by atoms with van der Waals surface area (Å²) >= 11 is 0. The van der Waals surface area contributed by atoms with Gasteiger partial charge in [0.2, 0.25) is 5.88 Å². The van der Waals surface area contributed by atoms with Gasteiger partial charge in [0, 0.05) is 37.2 Å². The second kappa shape index (κ2) is 7.42. The zero-order chi connectivity index (χ0) is 17.8. The second-order valence-corrected chi connectivity index (χ2v) is 5.77. The first-order chi connectivity index (χ1) is 12.1. The monoisotopic (exact) mass is 342 g/mol. The van der Waals surface area contributed by atoms with E-state index >= 15 is 0 Å². The Balaban J connectivity index is 1.80. The van der Waals surface area contributed by atoms with Crippen LogP contribution in [0.5, 0.6) is 17.4 Å². The van der Waals surface area contributed by atoms with Crippen LogP contribution in [0.3, 0.4) is 0 Å². The number of methoxy groups -OCH3 is 2. The van der Waals surface area contributed by atoms with Crippen molar-refractivity contribution in [2.75, 3.05) is 27.4 Å². The van der Waals surface area contributed by atoms with Gasteiger partial charge in [-0.25, -0.2) is 4.98 Å². The molecule has 132 valence electrons. The average Bonchev–Trinajstić information content (AvgIpc) is 2.66. The first kappa shape index (κ1) is 17.1. The van der Waals surface area contributed by atoms with Crippen LogP contribution in [-0.2, 0) is 13.0 Å². The zero-order valence-electron chi connectivity index (χ0n) is 14.7. The van der Waals surface area contributed by atoms with Crippen molar-refractivity contribution < 1.29 is 19.0 Å². The lowest BCUT2D eigenvalue weighted by atomic mass is 10.0. The quantitative estimate of drug-likeness (QED) is 0.836. The fourth-order valence-electron chi connectivity index (χ4n) is 2.91. The maximum Gasteiger partial charge on any atom is 0.254 e. The molecule has 0 aliphatic carbocycles. The molecule has 6 heteroatoms. The molecular weight excluding hydrogens is 320 g/mol. The number of hydrogen-bond acceptors (Lipinski definition) is 5. The maximum atomic E-state index is 12.9. The molecule has 1 amide bonds. The SMILES string of the molecule is CCOc1ccc2c(n1)CCN(C(=O)c1cc(OC)cc(OC)c1)C2. The molecule has 1 aliphatic heterocycles. The van der Waals surface area contributed by atoms with Crippen molar-refractivity contribution >= 4 is 5.91 Å². The van der Waals surface area contributed by atoms with E-state index in [9.17, 15) is 4.79 Å². The minimum Gasteiger partial charge on any atom is -0.497 e. The van der Waals surface area contributed by atoms with E-state index in [-0.39, 0.29) is 5.91 Å². The van der Waals surface area contributed by atoms with Gasteiger partial charge >= 0.3 is 0 Å². The summed E-state index contributed by atoms with van der Waals surface area (Å²) in [5.41, 5.74) is 2.61. The van der Waals surface area contributed by atoms with Crippen LogP contribution in [-0.4, -0.2) is 43.2 Å². The van der Waals surface area contributed by atoms with E-state index in [0.29, 0.717) is 49.1 Å². The topological polar surface area (TPSA) is 60.9 Å². The molecule has 0 atom stereocenters. The van der Waals surface area contributed by atoms with Crippen molar-refractivity contribution in [3.8, 4) is 17.4 Å². The van der Waals surface area contributed by atoms with E-state index in [1.165, 1.54) is 0 Å². The Morgan fingerprint density at radius 3 is 2.52 bits per heavy atom. The predicted molar refractivity (Wildman–Crippen MR) is 93.4 cm³/mol. The van der Waals surface area contributed by atoms with Gasteiger partial charge in [0.15, 0.2) is 0 Å².